The molecular weight excluding hydrogens is 176 g/mol. The Morgan fingerprint density at radius 1 is 1.36 bits per heavy atom. The zero-order valence-corrected chi connectivity index (χ0v) is 8.85. The van der Waals surface area contributed by atoms with Crippen LogP contribution in [0.5, 0.6) is 5.75 Å². The van der Waals surface area contributed by atoms with E-state index in [9.17, 15) is 0 Å². The molecule has 0 radical (unpaired) electrons. The lowest BCUT2D eigenvalue weighted by atomic mass is 10.0. The summed E-state index contributed by atoms with van der Waals surface area (Å²) in [7, 11) is 1.69. The van der Waals surface area contributed by atoms with Gasteiger partial charge in [0.15, 0.2) is 0 Å². The number of fused-ring (bicyclic) bond motifs is 1. The first-order valence-corrected chi connectivity index (χ1v) is 4.81. The number of benzene rings is 1. The largest absolute Gasteiger partial charge is 0.495 e. The topological polar surface area (TPSA) is 33.3 Å². The van der Waals surface area contributed by atoms with Crippen LogP contribution >= 0.6 is 0 Å². The van der Waals surface area contributed by atoms with Crippen LogP contribution in [0.2, 0.25) is 0 Å². The van der Waals surface area contributed by atoms with Crippen LogP contribution in [-0.2, 0) is 0 Å². The number of para-hydroxylation sites is 1. The van der Waals surface area contributed by atoms with E-state index in [4.69, 9.17) is 4.74 Å². The van der Waals surface area contributed by atoms with Crippen LogP contribution in [0.3, 0.4) is 0 Å². The maximum atomic E-state index is 5.30. The monoisotopic (exact) mass is 192 g/mol. The summed E-state index contributed by atoms with van der Waals surface area (Å²) in [6, 6.07) is 6.01. The van der Waals surface area contributed by atoms with Crippen molar-refractivity contribution in [1.82, 2.24) is 0 Å². The molecule has 0 aromatic heterocycles. The van der Waals surface area contributed by atoms with Crippen LogP contribution in [0.25, 0.3) is 0 Å². The summed E-state index contributed by atoms with van der Waals surface area (Å²) in [4.78, 5) is 0. The molecule has 1 aromatic rings. The van der Waals surface area contributed by atoms with E-state index in [1.54, 1.807) is 7.11 Å². The molecular formula is C11H16N2O. The number of hydrogen-bond acceptors (Lipinski definition) is 3. The van der Waals surface area contributed by atoms with E-state index in [1.165, 1.54) is 0 Å². The van der Waals surface area contributed by atoms with Crippen LogP contribution < -0.4 is 15.4 Å². The van der Waals surface area contributed by atoms with Gasteiger partial charge in [-0.05, 0) is 26.0 Å². The van der Waals surface area contributed by atoms with Crippen molar-refractivity contribution in [3.8, 4) is 5.75 Å². The molecule has 1 aromatic carbocycles. The fourth-order valence-electron chi connectivity index (χ4n) is 1.68. The quantitative estimate of drug-likeness (QED) is 0.716. The van der Waals surface area contributed by atoms with Gasteiger partial charge < -0.3 is 15.4 Å². The second kappa shape index (κ2) is 3.08. The molecule has 0 unspecified atom stereocenters. The molecule has 0 amide bonds. The number of methoxy groups -OCH3 is 1. The Morgan fingerprint density at radius 3 is 2.86 bits per heavy atom. The Labute approximate surface area is 84.5 Å². The standard InChI is InChI=1S/C11H16N2O/c1-11(2)7-12-8-5-4-6-9(14-3)10(8)13-11/h4-6,12-13H,7H2,1-3H3. The molecule has 0 bridgehead atoms. The number of rotatable bonds is 1. The Kier molecular flexibility index (Phi) is 2.02. The van der Waals surface area contributed by atoms with Gasteiger partial charge >= 0.3 is 0 Å². The minimum atomic E-state index is 0.0711. The summed E-state index contributed by atoms with van der Waals surface area (Å²) < 4.78 is 5.30. The molecule has 1 heterocycles. The first kappa shape index (κ1) is 9.19. The first-order chi connectivity index (χ1) is 6.62. The van der Waals surface area contributed by atoms with Crippen molar-refractivity contribution in [2.45, 2.75) is 19.4 Å². The molecule has 0 saturated heterocycles. The molecule has 0 saturated carbocycles. The van der Waals surface area contributed by atoms with E-state index in [2.05, 4.69) is 30.5 Å². The molecule has 76 valence electrons. The van der Waals surface area contributed by atoms with Gasteiger partial charge in [-0.25, -0.2) is 0 Å². The maximum absolute atomic E-state index is 5.30. The minimum absolute atomic E-state index is 0.0711. The van der Waals surface area contributed by atoms with E-state index < -0.39 is 0 Å². The van der Waals surface area contributed by atoms with Gasteiger partial charge in [-0.2, -0.15) is 0 Å². The van der Waals surface area contributed by atoms with E-state index in [-0.39, 0.29) is 5.54 Å². The Balaban J connectivity index is 2.43. The minimum Gasteiger partial charge on any atom is -0.495 e. The average molecular weight is 192 g/mol. The van der Waals surface area contributed by atoms with Gasteiger partial charge in [0.25, 0.3) is 0 Å². The summed E-state index contributed by atoms with van der Waals surface area (Å²) in [5.74, 6) is 0.891. The van der Waals surface area contributed by atoms with Crippen molar-refractivity contribution in [3.63, 3.8) is 0 Å². The van der Waals surface area contributed by atoms with Crippen molar-refractivity contribution in [2.24, 2.45) is 0 Å². The fourth-order valence-corrected chi connectivity index (χ4v) is 1.68. The smallest absolute Gasteiger partial charge is 0.144 e. The highest BCUT2D eigenvalue weighted by Crippen LogP contribution is 2.37. The van der Waals surface area contributed by atoms with Gasteiger partial charge in [0.05, 0.1) is 12.8 Å². The zero-order chi connectivity index (χ0) is 10.2. The summed E-state index contributed by atoms with van der Waals surface area (Å²) in [5.41, 5.74) is 2.25. The molecule has 0 atom stereocenters. The number of ether oxygens (including phenoxy) is 1. The van der Waals surface area contributed by atoms with Crippen LogP contribution in [0.1, 0.15) is 13.8 Å². The lowest BCUT2D eigenvalue weighted by Gasteiger charge is -2.35. The number of hydrogen-bond donors (Lipinski definition) is 2. The van der Waals surface area contributed by atoms with Gasteiger partial charge in [-0.3, -0.25) is 0 Å². The maximum Gasteiger partial charge on any atom is 0.144 e. The molecule has 2 N–H and O–H groups in total. The molecule has 0 fully saturated rings. The highest BCUT2D eigenvalue weighted by Gasteiger charge is 2.25. The van der Waals surface area contributed by atoms with Crippen LogP contribution in [0.4, 0.5) is 11.4 Å². The lowest BCUT2D eigenvalue weighted by molar-refractivity contribution is 0.414. The second-order valence-electron chi connectivity index (χ2n) is 4.25. The molecule has 1 aliphatic rings. The summed E-state index contributed by atoms with van der Waals surface area (Å²) >= 11 is 0. The third-order valence-electron chi connectivity index (χ3n) is 2.43. The Morgan fingerprint density at radius 2 is 2.14 bits per heavy atom. The number of anilines is 2. The molecule has 1 aliphatic heterocycles. The predicted molar refractivity (Wildman–Crippen MR) is 59.2 cm³/mol. The molecule has 3 heteroatoms. The van der Waals surface area contributed by atoms with E-state index in [0.29, 0.717) is 0 Å². The van der Waals surface area contributed by atoms with Gasteiger partial charge in [0, 0.05) is 12.1 Å². The summed E-state index contributed by atoms with van der Waals surface area (Å²) in [5, 5.41) is 6.85. The van der Waals surface area contributed by atoms with Crippen molar-refractivity contribution < 1.29 is 4.74 Å². The summed E-state index contributed by atoms with van der Waals surface area (Å²) in [6.07, 6.45) is 0. The third kappa shape index (κ3) is 1.50. The lowest BCUT2D eigenvalue weighted by Crippen LogP contribution is -2.42. The molecule has 3 nitrogen and oxygen atoms in total. The molecule has 0 aliphatic carbocycles. The normalized spacial score (nSPS) is 17.6. The first-order valence-electron chi connectivity index (χ1n) is 4.81. The van der Waals surface area contributed by atoms with Gasteiger partial charge in [-0.15, -0.1) is 0 Å². The Hall–Kier alpha value is -1.38. The van der Waals surface area contributed by atoms with Crippen LogP contribution in [-0.4, -0.2) is 19.2 Å². The fraction of sp³-hybridized carbons (Fsp3) is 0.455. The van der Waals surface area contributed by atoms with Crippen molar-refractivity contribution in [3.05, 3.63) is 18.2 Å². The highest BCUT2D eigenvalue weighted by atomic mass is 16.5. The predicted octanol–water partition coefficient (Wildman–Crippen LogP) is 2.31. The van der Waals surface area contributed by atoms with Crippen molar-refractivity contribution >= 4 is 11.4 Å². The highest BCUT2D eigenvalue weighted by molar-refractivity contribution is 5.78. The van der Waals surface area contributed by atoms with E-state index in [1.807, 2.05) is 12.1 Å². The molecule has 14 heavy (non-hydrogen) atoms. The van der Waals surface area contributed by atoms with Gasteiger partial charge in [-0.1, -0.05) is 6.07 Å². The SMILES string of the molecule is COc1cccc2c1NC(C)(C)CN2. The van der Waals surface area contributed by atoms with Crippen LogP contribution in [0, 0.1) is 0 Å². The van der Waals surface area contributed by atoms with E-state index >= 15 is 0 Å². The van der Waals surface area contributed by atoms with Crippen molar-refractivity contribution in [2.75, 3.05) is 24.3 Å². The molecule has 0 spiro atoms. The van der Waals surface area contributed by atoms with Crippen molar-refractivity contribution in [1.29, 1.82) is 0 Å². The molecule has 2 rings (SSSR count). The zero-order valence-electron chi connectivity index (χ0n) is 8.85. The number of nitrogens with one attached hydrogen (secondary N) is 2. The van der Waals surface area contributed by atoms with E-state index in [0.717, 1.165) is 23.7 Å². The summed E-state index contributed by atoms with van der Waals surface area (Å²) in [6.45, 7) is 5.25. The van der Waals surface area contributed by atoms with Crippen LogP contribution in [0.15, 0.2) is 18.2 Å². The average Bonchev–Trinajstić information content (AvgIpc) is 2.15. The third-order valence-corrected chi connectivity index (χ3v) is 2.43. The second-order valence-corrected chi connectivity index (χ2v) is 4.25. The van der Waals surface area contributed by atoms with Gasteiger partial charge in [0.2, 0.25) is 0 Å². The Bertz CT molecular complexity index is 333. The van der Waals surface area contributed by atoms with Gasteiger partial charge in [0.1, 0.15) is 11.4 Å².